The monoisotopic (exact) mass is 596 g/mol. The molecule has 0 unspecified atom stereocenters. The van der Waals surface area contributed by atoms with Crippen LogP contribution in [-0.2, 0) is 0 Å². The molecule has 0 fully saturated rings. The summed E-state index contributed by atoms with van der Waals surface area (Å²) in [5.74, 6) is 1.75. The molecule has 9 aromatic rings. The molecular weight excluding hydrogens is 569 g/mol. The first kappa shape index (κ1) is 26.1. The van der Waals surface area contributed by atoms with Gasteiger partial charge in [0.05, 0.1) is 0 Å². The average Bonchev–Trinajstić information content (AvgIpc) is 3.13. The average molecular weight is 597 g/mol. The lowest BCUT2D eigenvalue weighted by Gasteiger charge is -2.23. The molecule has 1 heteroatoms. The molecule has 0 saturated heterocycles. The molecule has 0 aromatic heterocycles. The first-order valence-corrected chi connectivity index (χ1v) is 16.2. The number of benzene rings is 9. The first-order chi connectivity index (χ1) is 23.3. The Labute approximate surface area is 272 Å². The minimum absolute atomic E-state index is 0.874. The van der Waals surface area contributed by atoms with Crippen LogP contribution in [0.1, 0.15) is 0 Å². The van der Waals surface area contributed by atoms with Crippen LogP contribution in [0.25, 0.3) is 87.6 Å². The lowest BCUT2D eigenvalue weighted by atomic mass is 9.82. The standard InChI is InChI=1S/C46H28O/c1-2-13-30-28-31(25-24-29(30)12-1)44-35-17-5-7-19-37(35)45(38-20-8-6-18-36(38)44)41-27-26-40-33-15-4-3-14-32(33)34-16-9-10-22-42(34)47-43-23-11-21-39(41)46(40)43/h1-28H. The molecule has 218 valence electrons. The topological polar surface area (TPSA) is 9.23 Å². The number of hydrogen-bond donors (Lipinski definition) is 0. The molecule has 47 heavy (non-hydrogen) atoms. The quantitative estimate of drug-likeness (QED) is 0.180. The largest absolute Gasteiger partial charge is 0.456 e. The predicted molar refractivity (Wildman–Crippen MR) is 198 cm³/mol. The van der Waals surface area contributed by atoms with E-state index in [1.807, 2.05) is 0 Å². The van der Waals surface area contributed by atoms with Crippen molar-refractivity contribution < 1.29 is 4.74 Å². The highest BCUT2D eigenvalue weighted by Crippen LogP contribution is 2.51. The van der Waals surface area contributed by atoms with Crippen molar-refractivity contribution in [2.45, 2.75) is 0 Å². The van der Waals surface area contributed by atoms with Crippen LogP contribution in [0.4, 0.5) is 0 Å². The molecule has 1 aliphatic heterocycles. The highest BCUT2D eigenvalue weighted by molar-refractivity contribution is 6.25. The van der Waals surface area contributed by atoms with Crippen molar-refractivity contribution in [3.63, 3.8) is 0 Å². The van der Waals surface area contributed by atoms with Crippen molar-refractivity contribution in [2.75, 3.05) is 0 Å². The van der Waals surface area contributed by atoms with E-state index in [-0.39, 0.29) is 0 Å². The van der Waals surface area contributed by atoms with E-state index in [1.165, 1.54) is 76.6 Å². The van der Waals surface area contributed by atoms with Gasteiger partial charge in [0.2, 0.25) is 0 Å². The lowest BCUT2D eigenvalue weighted by molar-refractivity contribution is 0.490. The zero-order valence-electron chi connectivity index (χ0n) is 25.6. The van der Waals surface area contributed by atoms with Crippen LogP contribution < -0.4 is 4.74 Å². The van der Waals surface area contributed by atoms with Crippen molar-refractivity contribution >= 4 is 43.1 Å². The van der Waals surface area contributed by atoms with E-state index < -0.39 is 0 Å². The molecule has 0 N–H and O–H groups in total. The van der Waals surface area contributed by atoms with Crippen molar-refractivity contribution in [3.05, 3.63) is 170 Å². The summed E-state index contributed by atoms with van der Waals surface area (Å²) in [6.45, 7) is 0. The highest BCUT2D eigenvalue weighted by atomic mass is 16.5. The fourth-order valence-corrected chi connectivity index (χ4v) is 7.82. The second kappa shape index (κ2) is 10.2. The maximum atomic E-state index is 6.79. The molecule has 1 aliphatic rings. The van der Waals surface area contributed by atoms with Gasteiger partial charge in [-0.15, -0.1) is 0 Å². The fourth-order valence-electron chi connectivity index (χ4n) is 7.82. The van der Waals surface area contributed by atoms with E-state index in [1.54, 1.807) is 0 Å². The summed E-state index contributed by atoms with van der Waals surface area (Å²) in [6.07, 6.45) is 0. The van der Waals surface area contributed by atoms with Gasteiger partial charge in [-0.25, -0.2) is 0 Å². The first-order valence-electron chi connectivity index (χ1n) is 16.2. The van der Waals surface area contributed by atoms with Gasteiger partial charge in [0, 0.05) is 10.9 Å². The molecule has 0 saturated carbocycles. The van der Waals surface area contributed by atoms with E-state index in [9.17, 15) is 0 Å². The van der Waals surface area contributed by atoms with Crippen LogP contribution >= 0.6 is 0 Å². The van der Waals surface area contributed by atoms with Crippen molar-refractivity contribution in [3.8, 4) is 56.0 Å². The molecule has 0 spiro atoms. The van der Waals surface area contributed by atoms with E-state index in [0.29, 0.717) is 0 Å². The van der Waals surface area contributed by atoms with E-state index in [0.717, 1.165) is 22.4 Å². The molecule has 1 nitrogen and oxygen atoms in total. The van der Waals surface area contributed by atoms with Crippen LogP contribution in [0, 0.1) is 0 Å². The fraction of sp³-hybridized carbons (Fsp3) is 0. The van der Waals surface area contributed by atoms with E-state index >= 15 is 0 Å². The van der Waals surface area contributed by atoms with Gasteiger partial charge in [-0.1, -0.05) is 152 Å². The van der Waals surface area contributed by atoms with Crippen LogP contribution in [-0.4, -0.2) is 0 Å². The number of para-hydroxylation sites is 1. The Morgan fingerprint density at radius 3 is 1.57 bits per heavy atom. The molecule has 0 amide bonds. The van der Waals surface area contributed by atoms with E-state index in [4.69, 9.17) is 4.74 Å². The zero-order chi connectivity index (χ0) is 30.9. The Hall–Kier alpha value is -6.18. The van der Waals surface area contributed by atoms with Gasteiger partial charge in [0.15, 0.2) is 0 Å². The zero-order valence-corrected chi connectivity index (χ0v) is 25.6. The van der Waals surface area contributed by atoms with Gasteiger partial charge in [-0.2, -0.15) is 0 Å². The normalized spacial score (nSPS) is 12.0. The Morgan fingerprint density at radius 1 is 0.298 bits per heavy atom. The summed E-state index contributed by atoms with van der Waals surface area (Å²) in [5.41, 5.74) is 9.66. The van der Waals surface area contributed by atoms with Crippen LogP contribution in [0.15, 0.2) is 170 Å². The molecule has 9 aromatic carbocycles. The number of hydrogen-bond acceptors (Lipinski definition) is 1. The molecule has 0 bridgehead atoms. The minimum Gasteiger partial charge on any atom is -0.456 e. The summed E-state index contributed by atoms with van der Waals surface area (Å²) >= 11 is 0. The third-order valence-corrected chi connectivity index (χ3v) is 9.86. The van der Waals surface area contributed by atoms with E-state index in [2.05, 4.69) is 170 Å². The smallest absolute Gasteiger partial charge is 0.135 e. The van der Waals surface area contributed by atoms with Gasteiger partial charge < -0.3 is 4.74 Å². The molecule has 0 aliphatic carbocycles. The van der Waals surface area contributed by atoms with Crippen LogP contribution in [0.5, 0.6) is 11.5 Å². The minimum atomic E-state index is 0.874. The molecule has 0 radical (unpaired) electrons. The maximum Gasteiger partial charge on any atom is 0.135 e. The highest BCUT2D eigenvalue weighted by Gasteiger charge is 2.23. The molecule has 1 heterocycles. The molecule has 10 rings (SSSR count). The Morgan fingerprint density at radius 2 is 0.830 bits per heavy atom. The maximum absolute atomic E-state index is 6.79. The van der Waals surface area contributed by atoms with Gasteiger partial charge >= 0.3 is 0 Å². The second-order valence-electron chi connectivity index (χ2n) is 12.4. The summed E-state index contributed by atoms with van der Waals surface area (Å²) in [6, 6.07) is 61.5. The predicted octanol–water partition coefficient (Wildman–Crippen LogP) is 13.1. The number of ether oxygens (including phenoxy) is 1. The van der Waals surface area contributed by atoms with Crippen LogP contribution in [0.2, 0.25) is 0 Å². The Balaban J connectivity index is 1.31. The number of fused-ring (bicyclic) bond motifs is 7. The van der Waals surface area contributed by atoms with Gasteiger partial charge in [-0.3, -0.25) is 0 Å². The van der Waals surface area contributed by atoms with Gasteiger partial charge in [0.25, 0.3) is 0 Å². The van der Waals surface area contributed by atoms with Gasteiger partial charge in [0.1, 0.15) is 11.5 Å². The third-order valence-electron chi connectivity index (χ3n) is 9.86. The van der Waals surface area contributed by atoms with Gasteiger partial charge in [-0.05, 0) is 94.8 Å². The second-order valence-corrected chi connectivity index (χ2v) is 12.4. The summed E-state index contributed by atoms with van der Waals surface area (Å²) in [5, 5.41) is 9.81. The molecular formula is C46H28O. The number of rotatable bonds is 2. The summed E-state index contributed by atoms with van der Waals surface area (Å²) in [4.78, 5) is 0. The molecule has 0 atom stereocenters. The SMILES string of the molecule is c1ccc2c(c1)Oc1cccc3c(-c4c5ccccc5c(-c5ccc6ccccc6c5)c5ccccc45)ccc(c13)-c1ccccc1-2. The Kier molecular flexibility index (Phi) is 5.64. The Bertz CT molecular complexity index is 2660. The van der Waals surface area contributed by atoms with Crippen LogP contribution in [0.3, 0.4) is 0 Å². The summed E-state index contributed by atoms with van der Waals surface area (Å²) < 4.78 is 6.79. The van der Waals surface area contributed by atoms with Crippen molar-refractivity contribution in [1.29, 1.82) is 0 Å². The third kappa shape index (κ3) is 3.90. The van der Waals surface area contributed by atoms with Crippen molar-refractivity contribution in [2.24, 2.45) is 0 Å². The lowest BCUT2D eigenvalue weighted by Crippen LogP contribution is -1.98. The summed E-state index contributed by atoms with van der Waals surface area (Å²) in [7, 11) is 0. The van der Waals surface area contributed by atoms with Crippen molar-refractivity contribution in [1.82, 2.24) is 0 Å².